The van der Waals surface area contributed by atoms with Crippen molar-refractivity contribution in [2.45, 2.75) is 51.2 Å². The van der Waals surface area contributed by atoms with Gasteiger partial charge in [0.15, 0.2) is 5.82 Å². The highest BCUT2D eigenvalue weighted by molar-refractivity contribution is 5.74. The van der Waals surface area contributed by atoms with Crippen molar-refractivity contribution >= 4 is 6.03 Å². The molecule has 19 heavy (non-hydrogen) atoms. The summed E-state index contributed by atoms with van der Waals surface area (Å²) in [4.78, 5) is 15.7. The number of aromatic nitrogens is 2. The van der Waals surface area contributed by atoms with Gasteiger partial charge in [-0.3, -0.25) is 0 Å². The maximum Gasteiger partial charge on any atom is 0.315 e. The second kappa shape index (κ2) is 6.51. The molecule has 2 unspecified atom stereocenters. The molecule has 3 N–H and O–H groups in total. The van der Waals surface area contributed by atoms with Gasteiger partial charge in [0, 0.05) is 13.0 Å². The maximum atomic E-state index is 11.7. The second-order valence-corrected chi connectivity index (χ2v) is 4.84. The molecule has 106 valence electrons. The van der Waals surface area contributed by atoms with Gasteiger partial charge in [0.05, 0.1) is 12.1 Å². The number of hydrogen-bond acceptors (Lipinski definition) is 5. The van der Waals surface area contributed by atoms with Crippen LogP contribution in [0.4, 0.5) is 4.79 Å². The molecule has 0 aliphatic heterocycles. The van der Waals surface area contributed by atoms with Crippen LogP contribution in [0.1, 0.15) is 37.4 Å². The normalized spacial score (nSPS) is 23.1. The van der Waals surface area contributed by atoms with E-state index in [1.807, 2.05) is 0 Å². The minimum atomic E-state index is -0.432. The van der Waals surface area contributed by atoms with Crippen LogP contribution in [0.5, 0.6) is 0 Å². The summed E-state index contributed by atoms with van der Waals surface area (Å²) in [6.45, 7) is 2.17. The van der Waals surface area contributed by atoms with Gasteiger partial charge in [-0.2, -0.15) is 4.98 Å². The van der Waals surface area contributed by atoms with Crippen molar-refractivity contribution in [3.05, 3.63) is 11.7 Å². The van der Waals surface area contributed by atoms with Crippen LogP contribution in [0.3, 0.4) is 0 Å². The fourth-order valence-corrected chi connectivity index (χ4v) is 2.22. The molecular formula is C12H20N4O3. The van der Waals surface area contributed by atoms with Crippen LogP contribution in [0.2, 0.25) is 0 Å². The summed E-state index contributed by atoms with van der Waals surface area (Å²) in [5, 5.41) is 18.9. The Morgan fingerprint density at radius 3 is 2.95 bits per heavy atom. The number of nitrogens with zero attached hydrogens (tertiary/aromatic N) is 2. The molecular weight excluding hydrogens is 248 g/mol. The highest BCUT2D eigenvalue weighted by Crippen LogP contribution is 2.18. The van der Waals surface area contributed by atoms with E-state index in [1.54, 1.807) is 6.92 Å². The lowest BCUT2D eigenvalue weighted by Crippen LogP contribution is -2.49. The van der Waals surface area contributed by atoms with Gasteiger partial charge in [0.1, 0.15) is 0 Å². The molecule has 0 spiro atoms. The number of urea groups is 1. The van der Waals surface area contributed by atoms with Crippen LogP contribution in [0, 0.1) is 6.92 Å². The van der Waals surface area contributed by atoms with Gasteiger partial charge in [-0.1, -0.05) is 18.0 Å². The average molecular weight is 268 g/mol. The summed E-state index contributed by atoms with van der Waals surface area (Å²) in [6.07, 6.45) is 3.73. The van der Waals surface area contributed by atoms with E-state index in [2.05, 4.69) is 20.8 Å². The number of amides is 2. The van der Waals surface area contributed by atoms with Gasteiger partial charge in [-0.05, 0) is 19.8 Å². The Morgan fingerprint density at radius 2 is 2.26 bits per heavy atom. The Balaban J connectivity index is 1.66. The van der Waals surface area contributed by atoms with Crippen LogP contribution < -0.4 is 10.6 Å². The highest BCUT2D eigenvalue weighted by Gasteiger charge is 2.24. The van der Waals surface area contributed by atoms with Crippen molar-refractivity contribution in [1.29, 1.82) is 0 Å². The van der Waals surface area contributed by atoms with Crippen molar-refractivity contribution in [2.24, 2.45) is 0 Å². The number of aliphatic hydroxyl groups is 1. The Hall–Kier alpha value is -1.63. The zero-order chi connectivity index (χ0) is 13.7. The minimum Gasteiger partial charge on any atom is -0.391 e. The number of aliphatic hydroxyl groups excluding tert-OH is 1. The Labute approximate surface area is 111 Å². The summed E-state index contributed by atoms with van der Waals surface area (Å²) < 4.78 is 4.94. The summed E-state index contributed by atoms with van der Waals surface area (Å²) >= 11 is 0. The largest absolute Gasteiger partial charge is 0.391 e. The van der Waals surface area contributed by atoms with Crippen molar-refractivity contribution in [3.63, 3.8) is 0 Å². The molecule has 0 bridgehead atoms. The summed E-state index contributed by atoms with van der Waals surface area (Å²) in [6, 6.07) is -0.401. The monoisotopic (exact) mass is 268 g/mol. The number of hydrogen-bond donors (Lipinski definition) is 3. The first-order valence-electron chi connectivity index (χ1n) is 6.67. The topological polar surface area (TPSA) is 100 Å². The van der Waals surface area contributed by atoms with Crippen LogP contribution in [-0.2, 0) is 6.42 Å². The Bertz CT molecular complexity index is 421. The SMILES string of the molecule is Cc1noc(CCNC(=O)NC2CCCCC2O)n1. The van der Waals surface area contributed by atoms with E-state index < -0.39 is 6.10 Å². The highest BCUT2D eigenvalue weighted by atomic mass is 16.5. The molecule has 1 aliphatic rings. The van der Waals surface area contributed by atoms with Gasteiger partial charge in [0.2, 0.25) is 5.89 Å². The first-order valence-corrected chi connectivity index (χ1v) is 6.67. The van der Waals surface area contributed by atoms with Crippen LogP contribution in [0.25, 0.3) is 0 Å². The molecule has 1 aromatic heterocycles. The lowest BCUT2D eigenvalue weighted by molar-refractivity contribution is 0.0943. The van der Waals surface area contributed by atoms with E-state index in [1.165, 1.54) is 0 Å². The summed E-state index contributed by atoms with van der Waals surface area (Å²) in [7, 11) is 0. The summed E-state index contributed by atoms with van der Waals surface area (Å²) in [5.74, 6) is 1.10. The van der Waals surface area contributed by atoms with E-state index in [-0.39, 0.29) is 12.1 Å². The van der Waals surface area contributed by atoms with Gasteiger partial charge in [-0.15, -0.1) is 0 Å². The number of rotatable bonds is 4. The van der Waals surface area contributed by atoms with Gasteiger partial charge < -0.3 is 20.3 Å². The molecule has 2 rings (SSSR count). The van der Waals surface area contributed by atoms with Crippen molar-refractivity contribution in [3.8, 4) is 0 Å². The average Bonchev–Trinajstić information content (AvgIpc) is 2.78. The quantitative estimate of drug-likeness (QED) is 0.739. The molecule has 1 saturated carbocycles. The first-order chi connectivity index (χ1) is 9.15. The molecule has 7 heteroatoms. The molecule has 1 heterocycles. The van der Waals surface area contributed by atoms with Crippen molar-refractivity contribution in [2.75, 3.05) is 6.54 Å². The molecule has 1 aliphatic carbocycles. The zero-order valence-corrected chi connectivity index (χ0v) is 11.1. The van der Waals surface area contributed by atoms with E-state index >= 15 is 0 Å². The number of carbonyl (C=O) groups is 1. The lowest BCUT2D eigenvalue weighted by Gasteiger charge is -2.28. The molecule has 0 aromatic carbocycles. The van der Waals surface area contributed by atoms with E-state index in [0.29, 0.717) is 24.7 Å². The molecule has 7 nitrogen and oxygen atoms in total. The van der Waals surface area contributed by atoms with Crippen LogP contribution in [0.15, 0.2) is 4.52 Å². The van der Waals surface area contributed by atoms with Crippen LogP contribution in [-0.4, -0.2) is 40.0 Å². The molecule has 2 amide bonds. The van der Waals surface area contributed by atoms with Crippen molar-refractivity contribution in [1.82, 2.24) is 20.8 Å². The second-order valence-electron chi connectivity index (χ2n) is 4.84. The third-order valence-corrected chi connectivity index (χ3v) is 3.24. The van der Waals surface area contributed by atoms with Gasteiger partial charge in [-0.25, -0.2) is 4.79 Å². The van der Waals surface area contributed by atoms with Gasteiger partial charge in [0.25, 0.3) is 0 Å². The summed E-state index contributed by atoms with van der Waals surface area (Å²) in [5.41, 5.74) is 0. The fraction of sp³-hybridized carbons (Fsp3) is 0.750. The molecule has 1 aromatic rings. The molecule has 1 fully saturated rings. The van der Waals surface area contributed by atoms with E-state index in [9.17, 15) is 9.90 Å². The standard InChI is InChI=1S/C12H20N4O3/c1-8-14-11(19-16-8)6-7-13-12(18)15-9-4-2-3-5-10(9)17/h9-10,17H,2-7H2,1H3,(H2,13,15,18). The maximum absolute atomic E-state index is 11.7. The third-order valence-electron chi connectivity index (χ3n) is 3.24. The van der Waals surface area contributed by atoms with E-state index in [4.69, 9.17) is 4.52 Å². The first kappa shape index (κ1) is 13.8. The van der Waals surface area contributed by atoms with Gasteiger partial charge >= 0.3 is 6.03 Å². The predicted octanol–water partition coefficient (Wildman–Crippen LogP) is 0.523. The number of nitrogens with one attached hydrogen (secondary N) is 2. The predicted molar refractivity (Wildman–Crippen MR) is 67.5 cm³/mol. The molecule has 0 radical (unpaired) electrons. The smallest absolute Gasteiger partial charge is 0.315 e. The number of aryl methyl sites for hydroxylation is 1. The molecule has 0 saturated heterocycles. The van der Waals surface area contributed by atoms with Crippen LogP contribution >= 0.6 is 0 Å². The Kier molecular flexibility index (Phi) is 4.73. The van der Waals surface area contributed by atoms with Crippen molar-refractivity contribution < 1.29 is 14.4 Å². The minimum absolute atomic E-state index is 0.139. The Morgan fingerprint density at radius 1 is 1.47 bits per heavy atom. The molecule has 2 atom stereocenters. The third kappa shape index (κ3) is 4.20. The number of carbonyl (C=O) groups excluding carboxylic acids is 1. The fourth-order valence-electron chi connectivity index (χ4n) is 2.22. The zero-order valence-electron chi connectivity index (χ0n) is 11.1. The van der Waals surface area contributed by atoms with E-state index in [0.717, 1.165) is 25.7 Å². The lowest BCUT2D eigenvalue weighted by atomic mass is 9.93.